The molecule has 0 saturated carbocycles. The van der Waals surface area contributed by atoms with Gasteiger partial charge in [-0.15, -0.1) is 0 Å². The molecule has 0 aromatic heterocycles. The average molecular weight is 412 g/mol. The molecule has 1 aliphatic rings. The zero-order valence-electron chi connectivity index (χ0n) is 18.8. The molecular formula is C29H33NO. The highest BCUT2D eigenvalue weighted by Crippen LogP contribution is 2.34. The Hall–Kier alpha value is -2.84. The second-order valence-corrected chi connectivity index (χ2v) is 8.35. The molecule has 160 valence electrons. The van der Waals surface area contributed by atoms with Crippen molar-refractivity contribution in [2.45, 2.75) is 26.7 Å². The van der Waals surface area contributed by atoms with E-state index in [2.05, 4.69) is 104 Å². The highest BCUT2D eigenvalue weighted by molar-refractivity contribution is 5.98. The fourth-order valence-corrected chi connectivity index (χ4v) is 4.41. The molecule has 0 atom stereocenters. The van der Waals surface area contributed by atoms with Crippen LogP contribution in [-0.2, 0) is 0 Å². The molecule has 0 amide bonds. The highest BCUT2D eigenvalue weighted by atomic mass is 16.5. The molecular weight excluding hydrogens is 378 g/mol. The average Bonchev–Trinajstić information content (AvgIpc) is 2.80. The fraction of sp³-hybridized carbons (Fsp3) is 0.310. The monoisotopic (exact) mass is 411 g/mol. The summed E-state index contributed by atoms with van der Waals surface area (Å²) in [6, 6.07) is 30.1. The lowest BCUT2D eigenvalue weighted by Gasteiger charge is -2.38. The minimum atomic E-state index is 0.751. The molecule has 3 aromatic carbocycles. The third-order valence-electron chi connectivity index (χ3n) is 6.27. The molecule has 31 heavy (non-hydrogen) atoms. The van der Waals surface area contributed by atoms with Crippen molar-refractivity contribution < 1.29 is 4.74 Å². The van der Waals surface area contributed by atoms with Gasteiger partial charge in [0, 0.05) is 19.6 Å². The predicted octanol–water partition coefficient (Wildman–Crippen LogP) is 6.78. The van der Waals surface area contributed by atoms with Gasteiger partial charge in [0.1, 0.15) is 12.4 Å². The SMILES string of the molecule is CC/C(=C(\c1ccccc1)c1ccc(OCCN2CC(CC)C2)cc1)c1ccccc1. The Balaban J connectivity index is 1.54. The molecule has 1 saturated heterocycles. The van der Waals surface area contributed by atoms with E-state index in [-0.39, 0.29) is 0 Å². The molecule has 2 heteroatoms. The molecule has 0 spiro atoms. The molecule has 1 aliphatic heterocycles. The number of benzene rings is 3. The molecule has 2 nitrogen and oxygen atoms in total. The predicted molar refractivity (Wildman–Crippen MR) is 131 cm³/mol. The lowest BCUT2D eigenvalue weighted by molar-refractivity contribution is 0.0806. The maximum atomic E-state index is 6.04. The second-order valence-electron chi connectivity index (χ2n) is 8.35. The van der Waals surface area contributed by atoms with Crippen molar-refractivity contribution in [3.8, 4) is 5.75 Å². The summed E-state index contributed by atoms with van der Waals surface area (Å²) >= 11 is 0. The van der Waals surface area contributed by atoms with Gasteiger partial charge in [-0.25, -0.2) is 0 Å². The van der Waals surface area contributed by atoms with E-state index in [4.69, 9.17) is 4.74 Å². The number of ether oxygens (including phenoxy) is 1. The van der Waals surface area contributed by atoms with E-state index in [1.165, 1.54) is 47.3 Å². The van der Waals surface area contributed by atoms with Crippen LogP contribution in [0.3, 0.4) is 0 Å². The Morgan fingerprint density at radius 2 is 1.35 bits per heavy atom. The summed E-state index contributed by atoms with van der Waals surface area (Å²) in [5, 5.41) is 0. The molecule has 3 aromatic rings. The Bertz CT molecular complexity index is 970. The molecule has 0 aliphatic carbocycles. The van der Waals surface area contributed by atoms with E-state index in [9.17, 15) is 0 Å². The second kappa shape index (κ2) is 10.5. The number of hydrogen-bond acceptors (Lipinski definition) is 2. The van der Waals surface area contributed by atoms with Crippen LogP contribution >= 0.6 is 0 Å². The quantitative estimate of drug-likeness (QED) is 0.360. The Kier molecular flexibility index (Phi) is 7.22. The zero-order chi connectivity index (χ0) is 21.5. The first-order valence-corrected chi connectivity index (χ1v) is 11.6. The molecule has 1 fully saturated rings. The van der Waals surface area contributed by atoms with Gasteiger partial charge in [-0.3, -0.25) is 4.90 Å². The first-order valence-electron chi connectivity index (χ1n) is 11.6. The zero-order valence-corrected chi connectivity index (χ0v) is 18.8. The van der Waals surface area contributed by atoms with Gasteiger partial charge in [-0.2, -0.15) is 0 Å². The van der Waals surface area contributed by atoms with Gasteiger partial charge in [-0.05, 0) is 52.3 Å². The van der Waals surface area contributed by atoms with Gasteiger partial charge in [-0.1, -0.05) is 93.1 Å². The van der Waals surface area contributed by atoms with E-state index in [0.29, 0.717) is 0 Å². The Labute approximate surface area is 187 Å². The largest absolute Gasteiger partial charge is 0.492 e. The number of hydrogen-bond donors (Lipinski definition) is 0. The smallest absolute Gasteiger partial charge is 0.119 e. The van der Waals surface area contributed by atoms with Gasteiger partial charge in [0.25, 0.3) is 0 Å². The van der Waals surface area contributed by atoms with Gasteiger partial charge in [0.05, 0.1) is 0 Å². The first kappa shape index (κ1) is 21.4. The van der Waals surface area contributed by atoms with Gasteiger partial charge in [0.15, 0.2) is 0 Å². The van der Waals surface area contributed by atoms with E-state index in [1.54, 1.807) is 0 Å². The van der Waals surface area contributed by atoms with Crippen LogP contribution in [0.15, 0.2) is 84.9 Å². The van der Waals surface area contributed by atoms with Crippen molar-refractivity contribution in [2.75, 3.05) is 26.2 Å². The van der Waals surface area contributed by atoms with Crippen molar-refractivity contribution in [1.82, 2.24) is 4.90 Å². The van der Waals surface area contributed by atoms with Crippen LogP contribution in [0.4, 0.5) is 0 Å². The van der Waals surface area contributed by atoms with Gasteiger partial charge >= 0.3 is 0 Å². The van der Waals surface area contributed by atoms with Crippen molar-refractivity contribution in [2.24, 2.45) is 5.92 Å². The summed E-state index contributed by atoms with van der Waals surface area (Å²) in [7, 11) is 0. The number of nitrogens with zero attached hydrogens (tertiary/aromatic N) is 1. The van der Waals surface area contributed by atoms with Crippen molar-refractivity contribution in [3.63, 3.8) is 0 Å². The van der Waals surface area contributed by atoms with Crippen LogP contribution in [0.5, 0.6) is 5.75 Å². The topological polar surface area (TPSA) is 12.5 Å². The van der Waals surface area contributed by atoms with E-state index >= 15 is 0 Å². The summed E-state index contributed by atoms with van der Waals surface area (Å²) in [5.74, 6) is 1.83. The van der Waals surface area contributed by atoms with Crippen molar-refractivity contribution in [1.29, 1.82) is 0 Å². The maximum Gasteiger partial charge on any atom is 0.119 e. The maximum absolute atomic E-state index is 6.04. The van der Waals surface area contributed by atoms with Gasteiger partial charge < -0.3 is 4.74 Å². The Morgan fingerprint density at radius 1 is 0.774 bits per heavy atom. The van der Waals surface area contributed by atoms with E-state index < -0.39 is 0 Å². The van der Waals surface area contributed by atoms with Gasteiger partial charge in [0.2, 0.25) is 0 Å². The highest BCUT2D eigenvalue weighted by Gasteiger charge is 2.24. The van der Waals surface area contributed by atoms with Crippen molar-refractivity contribution >= 4 is 11.1 Å². The number of likely N-dealkylation sites (tertiary alicyclic amines) is 1. The molecule has 0 N–H and O–H groups in total. The Morgan fingerprint density at radius 3 is 1.94 bits per heavy atom. The molecule has 0 radical (unpaired) electrons. The number of allylic oxidation sites excluding steroid dienone is 1. The van der Waals surface area contributed by atoms with Crippen LogP contribution < -0.4 is 4.74 Å². The van der Waals surface area contributed by atoms with Crippen LogP contribution in [0.25, 0.3) is 11.1 Å². The lowest BCUT2D eigenvalue weighted by Crippen LogP contribution is -2.47. The fourth-order valence-electron chi connectivity index (χ4n) is 4.41. The molecule has 0 unspecified atom stereocenters. The summed E-state index contributed by atoms with van der Waals surface area (Å²) in [4.78, 5) is 2.48. The summed E-state index contributed by atoms with van der Waals surface area (Å²) < 4.78 is 6.04. The first-order chi connectivity index (χ1) is 15.3. The molecule has 1 heterocycles. The minimum Gasteiger partial charge on any atom is -0.492 e. The standard InChI is InChI=1S/C29H33NO/c1-3-23-21-30(22-23)19-20-31-27-17-15-26(16-18-27)29(25-13-9-6-10-14-25)28(4-2)24-11-7-5-8-12-24/h5-18,23H,3-4,19-22H2,1-2H3/b29-28-. The molecule has 4 rings (SSSR count). The van der Waals surface area contributed by atoms with Crippen LogP contribution in [0, 0.1) is 5.92 Å². The van der Waals surface area contributed by atoms with Crippen LogP contribution in [0.1, 0.15) is 43.4 Å². The molecule has 0 bridgehead atoms. The van der Waals surface area contributed by atoms with E-state index in [1.807, 2.05) is 0 Å². The third-order valence-corrected chi connectivity index (χ3v) is 6.27. The summed E-state index contributed by atoms with van der Waals surface area (Å²) in [6.07, 6.45) is 2.26. The summed E-state index contributed by atoms with van der Waals surface area (Å²) in [6.45, 7) is 8.73. The third kappa shape index (κ3) is 5.26. The van der Waals surface area contributed by atoms with Crippen molar-refractivity contribution in [3.05, 3.63) is 102 Å². The summed E-state index contributed by atoms with van der Waals surface area (Å²) in [5.41, 5.74) is 6.42. The number of rotatable bonds is 9. The normalized spacial score (nSPS) is 15.3. The van der Waals surface area contributed by atoms with E-state index in [0.717, 1.165) is 31.2 Å². The lowest BCUT2D eigenvalue weighted by atomic mass is 9.88. The van der Waals surface area contributed by atoms with Crippen LogP contribution in [0.2, 0.25) is 0 Å². The minimum absolute atomic E-state index is 0.751. The van der Waals surface area contributed by atoms with Crippen LogP contribution in [-0.4, -0.2) is 31.1 Å².